The Bertz CT molecular complexity index is 908. The first kappa shape index (κ1) is 22.5. The van der Waals surface area contributed by atoms with Crippen LogP contribution in [0.4, 0.5) is 10.1 Å². The molecule has 28 heavy (non-hydrogen) atoms. The van der Waals surface area contributed by atoms with Crippen LogP contribution in [0.15, 0.2) is 48.5 Å². The van der Waals surface area contributed by atoms with E-state index in [4.69, 9.17) is 11.6 Å². The second-order valence-electron chi connectivity index (χ2n) is 6.18. The molecule has 1 atom stereocenters. The van der Waals surface area contributed by atoms with Crippen LogP contribution >= 0.6 is 23.4 Å². The summed E-state index contributed by atoms with van der Waals surface area (Å²) in [5.41, 5.74) is 1.24. The van der Waals surface area contributed by atoms with Gasteiger partial charge >= 0.3 is 0 Å². The topological polar surface area (TPSA) is 66.5 Å². The van der Waals surface area contributed by atoms with Crippen molar-refractivity contribution in [1.29, 1.82) is 0 Å². The molecular formula is C19H22ClFN2O3S2. The summed E-state index contributed by atoms with van der Waals surface area (Å²) < 4.78 is 38.7. The zero-order chi connectivity index (χ0) is 20.7. The lowest BCUT2D eigenvalue weighted by molar-refractivity contribution is -0.121. The first-order chi connectivity index (χ1) is 13.2. The van der Waals surface area contributed by atoms with Crippen LogP contribution in [0.25, 0.3) is 0 Å². The Kier molecular flexibility index (Phi) is 8.15. The number of amides is 1. The van der Waals surface area contributed by atoms with Crippen LogP contribution in [0, 0.1) is 5.82 Å². The van der Waals surface area contributed by atoms with E-state index >= 15 is 0 Å². The summed E-state index contributed by atoms with van der Waals surface area (Å²) in [6.45, 7) is 1.87. The van der Waals surface area contributed by atoms with Gasteiger partial charge in [0.1, 0.15) is 11.9 Å². The quantitative estimate of drug-likeness (QED) is 0.599. The van der Waals surface area contributed by atoms with E-state index in [2.05, 4.69) is 5.32 Å². The highest BCUT2D eigenvalue weighted by molar-refractivity contribution is 7.98. The summed E-state index contributed by atoms with van der Waals surface area (Å²) in [6.07, 6.45) is 0.990. The van der Waals surface area contributed by atoms with Gasteiger partial charge in [0.2, 0.25) is 15.9 Å². The molecule has 0 fully saturated rings. The van der Waals surface area contributed by atoms with Crippen LogP contribution in [0.2, 0.25) is 5.02 Å². The number of nitrogens with one attached hydrogen (secondary N) is 1. The molecule has 2 aromatic rings. The van der Waals surface area contributed by atoms with E-state index in [-0.39, 0.29) is 5.69 Å². The fourth-order valence-electron chi connectivity index (χ4n) is 2.59. The molecule has 1 N–H and O–H groups in total. The maximum atomic E-state index is 13.5. The van der Waals surface area contributed by atoms with Crippen LogP contribution in [-0.2, 0) is 20.6 Å². The molecule has 9 heteroatoms. The Morgan fingerprint density at radius 1 is 1.25 bits per heavy atom. The Morgan fingerprint density at radius 2 is 1.93 bits per heavy atom. The van der Waals surface area contributed by atoms with Gasteiger partial charge in [-0.05, 0) is 42.8 Å². The van der Waals surface area contributed by atoms with Gasteiger partial charge in [-0.1, -0.05) is 29.8 Å². The van der Waals surface area contributed by atoms with E-state index in [0.717, 1.165) is 27.9 Å². The highest BCUT2D eigenvalue weighted by Crippen LogP contribution is 2.21. The number of anilines is 1. The zero-order valence-electron chi connectivity index (χ0n) is 15.6. The maximum Gasteiger partial charge on any atom is 0.243 e. The number of thioether (sulfide) groups is 1. The number of sulfonamides is 1. The minimum absolute atomic E-state index is 0.113. The van der Waals surface area contributed by atoms with E-state index in [9.17, 15) is 17.6 Å². The third-order valence-corrected chi connectivity index (χ3v) is 6.40. The minimum Gasteiger partial charge on any atom is -0.353 e. The summed E-state index contributed by atoms with van der Waals surface area (Å²) >= 11 is 7.49. The van der Waals surface area contributed by atoms with E-state index in [1.54, 1.807) is 11.8 Å². The zero-order valence-corrected chi connectivity index (χ0v) is 18.0. The highest BCUT2D eigenvalue weighted by Gasteiger charge is 2.29. The lowest BCUT2D eigenvalue weighted by Crippen LogP contribution is -2.48. The summed E-state index contributed by atoms with van der Waals surface area (Å²) in [6, 6.07) is 11.7. The molecule has 0 bridgehead atoms. The number of carbonyl (C=O) groups excluding carboxylic acids is 1. The lowest BCUT2D eigenvalue weighted by atomic mass is 10.2. The predicted molar refractivity (Wildman–Crippen MR) is 114 cm³/mol. The number of nitrogens with zero attached hydrogens (tertiary/aromatic N) is 1. The number of carbonyl (C=O) groups is 1. The molecule has 2 aromatic carbocycles. The Morgan fingerprint density at radius 3 is 2.54 bits per heavy atom. The third kappa shape index (κ3) is 6.68. The van der Waals surface area contributed by atoms with Crippen LogP contribution < -0.4 is 9.62 Å². The molecule has 0 aliphatic carbocycles. The van der Waals surface area contributed by atoms with Crippen LogP contribution in [0.3, 0.4) is 0 Å². The van der Waals surface area contributed by atoms with Gasteiger partial charge in [0.05, 0.1) is 11.9 Å². The molecule has 0 heterocycles. The van der Waals surface area contributed by atoms with Gasteiger partial charge in [-0.3, -0.25) is 9.10 Å². The summed E-state index contributed by atoms with van der Waals surface area (Å²) in [5, 5.41) is 3.42. The van der Waals surface area contributed by atoms with Crippen molar-refractivity contribution < 1.29 is 17.6 Å². The Balaban J connectivity index is 1.89. The standard InChI is InChI=1S/C19H22ClFN2O3S2/c1-14(23(28(2,25)26)18-5-3-4-17(21)12-18)19(24)22-10-11-27-13-15-6-8-16(20)9-7-15/h3-9,12,14H,10-11,13H2,1-2H3,(H,22,24). The molecule has 0 radical (unpaired) electrons. The number of hydrogen-bond acceptors (Lipinski definition) is 4. The average Bonchev–Trinajstić information content (AvgIpc) is 2.61. The largest absolute Gasteiger partial charge is 0.353 e. The predicted octanol–water partition coefficient (Wildman–Crippen LogP) is 3.68. The van der Waals surface area contributed by atoms with Crippen molar-refractivity contribution in [3.63, 3.8) is 0 Å². The van der Waals surface area contributed by atoms with Crippen molar-refractivity contribution in [2.24, 2.45) is 0 Å². The first-order valence-electron chi connectivity index (χ1n) is 8.53. The molecule has 0 aliphatic heterocycles. The first-order valence-corrected chi connectivity index (χ1v) is 11.9. The molecule has 0 aliphatic rings. The van der Waals surface area contributed by atoms with E-state index in [0.29, 0.717) is 17.3 Å². The SMILES string of the molecule is CC(C(=O)NCCSCc1ccc(Cl)cc1)N(c1cccc(F)c1)S(C)(=O)=O. The van der Waals surface area contributed by atoms with Crippen molar-refractivity contribution in [3.05, 3.63) is 64.9 Å². The second kappa shape index (κ2) is 10.1. The van der Waals surface area contributed by atoms with Crippen LogP contribution in [-0.4, -0.2) is 38.9 Å². The monoisotopic (exact) mass is 444 g/mol. The van der Waals surface area contributed by atoms with Gasteiger partial charge in [0, 0.05) is 23.1 Å². The summed E-state index contributed by atoms with van der Waals surface area (Å²) in [5.74, 6) is 0.431. The normalized spacial score (nSPS) is 12.4. The van der Waals surface area contributed by atoms with Crippen molar-refractivity contribution in [2.75, 3.05) is 22.9 Å². The molecule has 0 saturated carbocycles. The Hall–Kier alpha value is -1.77. The van der Waals surface area contributed by atoms with Crippen molar-refractivity contribution in [2.45, 2.75) is 18.7 Å². The number of benzene rings is 2. The Labute approximate surface area is 174 Å². The van der Waals surface area contributed by atoms with E-state index < -0.39 is 27.8 Å². The van der Waals surface area contributed by atoms with Crippen molar-refractivity contribution >= 4 is 45.0 Å². The molecule has 5 nitrogen and oxygen atoms in total. The molecule has 152 valence electrons. The fourth-order valence-corrected chi connectivity index (χ4v) is 4.70. The lowest BCUT2D eigenvalue weighted by Gasteiger charge is -2.28. The highest BCUT2D eigenvalue weighted by atomic mass is 35.5. The molecule has 2 rings (SSSR count). The second-order valence-corrected chi connectivity index (χ2v) is 9.59. The van der Waals surface area contributed by atoms with Crippen molar-refractivity contribution in [1.82, 2.24) is 5.32 Å². The number of halogens is 2. The third-order valence-electron chi connectivity index (χ3n) is 3.88. The summed E-state index contributed by atoms with van der Waals surface area (Å²) in [4.78, 5) is 12.4. The molecule has 1 amide bonds. The smallest absolute Gasteiger partial charge is 0.243 e. The van der Waals surface area contributed by atoms with Gasteiger partial charge in [-0.15, -0.1) is 0 Å². The van der Waals surface area contributed by atoms with Gasteiger partial charge in [-0.25, -0.2) is 12.8 Å². The van der Waals surface area contributed by atoms with Crippen molar-refractivity contribution in [3.8, 4) is 0 Å². The molecular weight excluding hydrogens is 423 g/mol. The van der Waals surface area contributed by atoms with Gasteiger partial charge in [0.15, 0.2) is 0 Å². The number of hydrogen-bond donors (Lipinski definition) is 1. The molecule has 0 aromatic heterocycles. The minimum atomic E-state index is -3.76. The van der Waals surface area contributed by atoms with Crippen LogP contribution in [0.5, 0.6) is 0 Å². The number of rotatable bonds is 9. The molecule has 0 spiro atoms. The molecule has 1 unspecified atom stereocenters. The average molecular weight is 445 g/mol. The van der Waals surface area contributed by atoms with E-state index in [1.807, 2.05) is 24.3 Å². The van der Waals surface area contributed by atoms with Gasteiger partial charge in [0.25, 0.3) is 0 Å². The molecule has 0 saturated heterocycles. The van der Waals surface area contributed by atoms with E-state index in [1.165, 1.54) is 25.1 Å². The van der Waals surface area contributed by atoms with Gasteiger partial charge in [-0.2, -0.15) is 11.8 Å². The fraction of sp³-hybridized carbons (Fsp3) is 0.316. The maximum absolute atomic E-state index is 13.5. The van der Waals surface area contributed by atoms with Gasteiger partial charge < -0.3 is 5.32 Å². The van der Waals surface area contributed by atoms with Crippen LogP contribution in [0.1, 0.15) is 12.5 Å². The summed E-state index contributed by atoms with van der Waals surface area (Å²) in [7, 11) is -3.76.